The molecule has 0 amide bonds. The molecule has 4 heteroatoms. The molecular formula is C9H12Cl2N2. The molecule has 1 rings (SSSR count). The van der Waals surface area contributed by atoms with Gasteiger partial charge in [0, 0.05) is 6.04 Å². The van der Waals surface area contributed by atoms with Crippen LogP contribution in [0.25, 0.3) is 0 Å². The summed E-state index contributed by atoms with van der Waals surface area (Å²) in [5, 5.41) is 1.02. The van der Waals surface area contributed by atoms with E-state index in [2.05, 4.69) is 11.9 Å². The number of nitrogens with zero attached hydrogens (tertiary/aromatic N) is 1. The van der Waals surface area contributed by atoms with Crippen molar-refractivity contribution in [3.63, 3.8) is 0 Å². The maximum absolute atomic E-state index is 5.93. The molecule has 0 radical (unpaired) electrons. The molecule has 0 aliphatic rings. The number of aromatic nitrogens is 1. The van der Waals surface area contributed by atoms with Crippen LogP contribution in [0.15, 0.2) is 12.1 Å². The van der Waals surface area contributed by atoms with E-state index in [1.807, 2.05) is 0 Å². The third-order valence-electron chi connectivity index (χ3n) is 1.79. The first-order chi connectivity index (χ1) is 6.15. The normalized spacial score (nSPS) is 12.9. The molecule has 1 aromatic heterocycles. The Hall–Kier alpha value is -0.310. The Labute approximate surface area is 88.1 Å². The number of halogens is 2. The number of pyridine rings is 1. The summed E-state index contributed by atoms with van der Waals surface area (Å²) in [6, 6.07) is 3.27. The molecule has 0 unspecified atom stereocenters. The summed E-state index contributed by atoms with van der Waals surface area (Å²) in [5.41, 5.74) is 6.56. The van der Waals surface area contributed by atoms with Crippen LogP contribution in [-0.4, -0.2) is 4.98 Å². The fourth-order valence-electron chi connectivity index (χ4n) is 1.14. The van der Waals surface area contributed by atoms with Gasteiger partial charge in [0.15, 0.2) is 0 Å². The van der Waals surface area contributed by atoms with E-state index in [9.17, 15) is 0 Å². The molecular weight excluding hydrogens is 207 g/mol. The van der Waals surface area contributed by atoms with Gasteiger partial charge in [0.05, 0.1) is 10.7 Å². The molecule has 2 N–H and O–H groups in total. The molecule has 1 heterocycles. The lowest BCUT2D eigenvalue weighted by Crippen LogP contribution is -2.12. The van der Waals surface area contributed by atoms with Crippen molar-refractivity contribution in [1.29, 1.82) is 0 Å². The minimum atomic E-state index is -0.115. The maximum Gasteiger partial charge on any atom is 0.129 e. The van der Waals surface area contributed by atoms with Gasteiger partial charge in [-0.15, -0.1) is 0 Å². The molecule has 13 heavy (non-hydrogen) atoms. The van der Waals surface area contributed by atoms with Crippen LogP contribution in [0.3, 0.4) is 0 Å². The molecule has 0 spiro atoms. The van der Waals surface area contributed by atoms with Crippen LogP contribution >= 0.6 is 23.2 Å². The van der Waals surface area contributed by atoms with Crippen molar-refractivity contribution in [2.75, 3.05) is 0 Å². The van der Waals surface area contributed by atoms with Crippen LogP contribution < -0.4 is 5.73 Å². The van der Waals surface area contributed by atoms with E-state index in [-0.39, 0.29) is 6.04 Å². The molecule has 0 fully saturated rings. The highest BCUT2D eigenvalue weighted by Gasteiger charge is 2.11. The second-order valence-corrected chi connectivity index (χ2v) is 3.69. The van der Waals surface area contributed by atoms with Crippen molar-refractivity contribution >= 4 is 23.2 Å². The second kappa shape index (κ2) is 4.80. The van der Waals surface area contributed by atoms with Crippen LogP contribution in [0.2, 0.25) is 10.2 Å². The summed E-state index contributed by atoms with van der Waals surface area (Å²) >= 11 is 11.7. The topological polar surface area (TPSA) is 38.9 Å². The first-order valence-electron chi connectivity index (χ1n) is 4.22. The van der Waals surface area contributed by atoms with Crippen molar-refractivity contribution in [3.05, 3.63) is 28.0 Å². The Balaban J connectivity index is 2.91. The summed E-state index contributed by atoms with van der Waals surface area (Å²) in [7, 11) is 0. The second-order valence-electron chi connectivity index (χ2n) is 2.90. The van der Waals surface area contributed by atoms with E-state index in [0.29, 0.717) is 15.9 Å². The molecule has 0 aromatic carbocycles. The lowest BCUT2D eigenvalue weighted by Gasteiger charge is -2.11. The van der Waals surface area contributed by atoms with E-state index in [1.165, 1.54) is 0 Å². The largest absolute Gasteiger partial charge is 0.323 e. The van der Waals surface area contributed by atoms with Crippen molar-refractivity contribution in [3.8, 4) is 0 Å². The molecule has 0 saturated carbocycles. The third-order valence-corrected chi connectivity index (χ3v) is 2.32. The highest BCUT2D eigenvalue weighted by molar-refractivity contribution is 6.32. The highest BCUT2D eigenvalue weighted by Crippen LogP contribution is 2.23. The Morgan fingerprint density at radius 2 is 2.15 bits per heavy atom. The summed E-state index contributed by atoms with van der Waals surface area (Å²) in [6.45, 7) is 2.07. The predicted octanol–water partition coefficient (Wildman–Crippen LogP) is 3.19. The fourth-order valence-corrected chi connectivity index (χ4v) is 1.54. The maximum atomic E-state index is 5.93. The predicted molar refractivity (Wildman–Crippen MR) is 56.1 cm³/mol. The average molecular weight is 219 g/mol. The molecule has 1 aromatic rings. The fraction of sp³-hybridized carbons (Fsp3) is 0.444. The summed E-state index contributed by atoms with van der Waals surface area (Å²) in [4.78, 5) is 4.10. The number of rotatable bonds is 3. The van der Waals surface area contributed by atoms with E-state index in [1.54, 1.807) is 12.1 Å². The molecule has 1 atom stereocenters. The first kappa shape index (κ1) is 10.8. The first-order valence-corrected chi connectivity index (χ1v) is 4.98. The van der Waals surface area contributed by atoms with Gasteiger partial charge >= 0.3 is 0 Å². The molecule has 2 nitrogen and oxygen atoms in total. The summed E-state index contributed by atoms with van der Waals surface area (Å²) in [6.07, 6.45) is 1.87. The van der Waals surface area contributed by atoms with Gasteiger partial charge in [0.1, 0.15) is 5.15 Å². The van der Waals surface area contributed by atoms with Gasteiger partial charge in [0.2, 0.25) is 0 Å². The molecule has 0 bridgehead atoms. The standard InChI is InChI=1S/C9H12Cl2N2/c1-2-3-7(12)9-6(10)4-5-8(11)13-9/h4-5,7H,2-3,12H2,1H3/t7-/m1/s1. The van der Waals surface area contributed by atoms with Crippen molar-refractivity contribution in [2.24, 2.45) is 5.73 Å². The van der Waals surface area contributed by atoms with Crippen LogP contribution in [0, 0.1) is 0 Å². The summed E-state index contributed by atoms with van der Waals surface area (Å²) in [5.74, 6) is 0. The van der Waals surface area contributed by atoms with Crippen molar-refractivity contribution < 1.29 is 0 Å². The SMILES string of the molecule is CCC[C@@H](N)c1nc(Cl)ccc1Cl. The van der Waals surface area contributed by atoms with E-state index in [4.69, 9.17) is 28.9 Å². The molecule has 0 saturated heterocycles. The zero-order valence-corrected chi connectivity index (χ0v) is 8.94. The zero-order chi connectivity index (χ0) is 9.84. The van der Waals surface area contributed by atoms with Crippen molar-refractivity contribution in [1.82, 2.24) is 4.98 Å². The Kier molecular flexibility index (Phi) is 3.97. The minimum absolute atomic E-state index is 0.115. The number of hydrogen-bond donors (Lipinski definition) is 1. The minimum Gasteiger partial charge on any atom is -0.323 e. The van der Waals surface area contributed by atoms with Gasteiger partial charge < -0.3 is 5.73 Å². The van der Waals surface area contributed by atoms with Crippen LogP contribution in [0.5, 0.6) is 0 Å². The van der Waals surface area contributed by atoms with E-state index < -0.39 is 0 Å². The van der Waals surface area contributed by atoms with Crippen molar-refractivity contribution in [2.45, 2.75) is 25.8 Å². The monoisotopic (exact) mass is 218 g/mol. The smallest absolute Gasteiger partial charge is 0.129 e. The quantitative estimate of drug-likeness (QED) is 0.793. The number of nitrogens with two attached hydrogens (primary N) is 1. The van der Waals surface area contributed by atoms with Gasteiger partial charge in [-0.1, -0.05) is 36.5 Å². The lowest BCUT2D eigenvalue weighted by atomic mass is 10.1. The highest BCUT2D eigenvalue weighted by atomic mass is 35.5. The van der Waals surface area contributed by atoms with Crippen LogP contribution in [0.4, 0.5) is 0 Å². The van der Waals surface area contributed by atoms with Gasteiger partial charge in [-0.25, -0.2) is 4.98 Å². The van der Waals surface area contributed by atoms with Gasteiger partial charge in [-0.2, -0.15) is 0 Å². The number of hydrogen-bond acceptors (Lipinski definition) is 2. The van der Waals surface area contributed by atoms with E-state index >= 15 is 0 Å². The van der Waals surface area contributed by atoms with E-state index in [0.717, 1.165) is 12.8 Å². The Bertz CT molecular complexity index is 289. The lowest BCUT2D eigenvalue weighted by molar-refractivity contribution is 0.622. The average Bonchev–Trinajstić information content (AvgIpc) is 2.09. The third kappa shape index (κ3) is 2.83. The Morgan fingerprint density at radius 1 is 1.46 bits per heavy atom. The molecule has 0 aliphatic heterocycles. The van der Waals surface area contributed by atoms with Gasteiger partial charge in [-0.05, 0) is 18.6 Å². The zero-order valence-electron chi connectivity index (χ0n) is 7.43. The molecule has 72 valence electrons. The molecule has 0 aliphatic carbocycles. The van der Waals surface area contributed by atoms with Gasteiger partial charge in [-0.3, -0.25) is 0 Å². The van der Waals surface area contributed by atoms with Crippen LogP contribution in [-0.2, 0) is 0 Å². The van der Waals surface area contributed by atoms with Crippen LogP contribution in [0.1, 0.15) is 31.5 Å². The Morgan fingerprint density at radius 3 is 2.77 bits per heavy atom. The summed E-state index contributed by atoms with van der Waals surface area (Å²) < 4.78 is 0. The van der Waals surface area contributed by atoms with Gasteiger partial charge in [0.25, 0.3) is 0 Å².